The molecule has 1 atom stereocenters. The van der Waals surface area contributed by atoms with E-state index in [1.165, 1.54) is 0 Å². The minimum Gasteiger partial charge on any atom is -0.393 e. The molecule has 0 aliphatic heterocycles. The van der Waals surface area contributed by atoms with Gasteiger partial charge < -0.3 is 15.2 Å². The smallest absolute Gasteiger partial charge is 0.0546 e. The van der Waals surface area contributed by atoms with Crippen LogP contribution in [0.5, 0.6) is 0 Å². The maximum Gasteiger partial charge on any atom is 0.0546 e. The van der Waals surface area contributed by atoms with Crippen molar-refractivity contribution in [2.45, 2.75) is 38.3 Å². The van der Waals surface area contributed by atoms with E-state index in [0.717, 1.165) is 32.4 Å². The van der Waals surface area contributed by atoms with E-state index in [1.807, 2.05) is 0 Å². The van der Waals surface area contributed by atoms with Crippen molar-refractivity contribution in [3.05, 3.63) is 0 Å². The van der Waals surface area contributed by atoms with E-state index in [0.29, 0.717) is 12.0 Å². The molecule has 0 aromatic rings. The maximum absolute atomic E-state index is 9.08. The van der Waals surface area contributed by atoms with Gasteiger partial charge in [-0.05, 0) is 38.6 Å². The number of rotatable bonds is 6. The summed E-state index contributed by atoms with van der Waals surface area (Å²) in [5.41, 5.74) is 0. The minimum absolute atomic E-state index is 0.0268. The van der Waals surface area contributed by atoms with Gasteiger partial charge in [0.05, 0.1) is 6.10 Å². The Morgan fingerprint density at radius 3 is 2.77 bits per heavy atom. The lowest BCUT2D eigenvalue weighted by atomic mass is 9.82. The average Bonchev–Trinajstić information content (AvgIpc) is 2.07. The lowest BCUT2D eigenvalue weighted by Crippen LogP contribution is -2.39. The van der Waals surface area contributed by atoms with Crippen molar-refractivity contribution in [3.8, 4) is 0 Å². The molecular formula is C10H21NO2. The first-order valence-corrected chi connectivity index (χ1v) is 5.12. The number of hydrogen-bond donors (Lipinski definition) is 2. The van der Waals surface area contributed by atoms with Crippen LogP contribution in [0, 0.1) is 5.92 Å². The Labute approximate surface area is 80.5 Å². The Balaban J connectivity index is 1.92. The summed E-state index contributed by atoms with van der Waals surface area (Å²) in [5, 5.41) is 12.5. The van der Waals surface area contributed by atoms with Crippen molar-refractivity contribution >= 4 is 0 Å². The van der Waals surface area contributed by atoms with Crippen LogP contribution in [0.4, 0.5) is 0 Å². The maximum atomic E-state index is 9.08. The fourth-order valence-electron chi connectivity index (χ4n) is 1.63. The van der Waals surface area contributed by atoms with Crippen molar-refractivity contribution in [1.29, 1.82) is 0 Å². The lowest BCUT2D eigenvalue weighted by Gasteiger charge is -2.32. The largest absolute Gasteiger partial charge is 0.393 e. The van der Waals surface area contributed by atoms with Crippen LogP contribution < -0.4 is 5.32 Å². The number of methoxy groups -OCH3 is 1. The first-order chi connectivity index (χ1) is 6.22. The summed E-state index contributed by atoms with van der Waals surface area (Å²) in [4.78, 5) is 0. The number of nitrogens with one attached hydrogen (secondary N) is 1. The Hall–Kier alpha value is -0.120. The van der Waals surface area contributed by atoms with Crippen LogP contribution in [-0.2, 0) is 4.74 Å². The molecule has 1 aliphatic carbocycles. The van der Waals surface area contributed by atoms with Crippen LogP contribution in [0.25, 0.3) is 0 Å². The molecule has 0 heterocycles. The van der Waals surface area contributed by atoms with Crippen LogP contribution >= 0.6 is 0 Å². The molecule has 3 heteroatoms. The van der Waals surface area contributed by atoms with Crippen LogP contribution in [0.15, 0.2) is 0 Å². The second kappa shape index (κ2) is 5.58. The molecule has 1 rings (SSSR count). The molecule has 0 saturated heterocycles. The Kier molecular flexibility index (Phi) is 4.70. The zero-order chi connectivity index (χ0) is 9.68. The third kappa shape index (κ3) is 4.07. The van der Waals surface area contributed by atoms with E-state index in [4.69, 9.17) is 9.84 Å². The summed E-state index contributed by atoms with van der Waals surface area (Å²) in [5.74, 6) is 0.694. The summed E-state index contributed by atoms with van der Waals surface area (Å²) < 4.78 is 5.00. The van der Waals surface area contributed by atoms with Crippen LogP contribution in [0.3, 0.4) is 0 Å². The summed E-state index contributed by atoms with van der Waals surface area (Å²) in [6.07, 6.45) is 2.99. The second-order valence-electron chi connectivity index (χ2n) is 4.08. The molecule has 0 aromatic carbocycles. The minimum atomic E-state index is -0.0268. The third-order valence-corrected chi connectivity index (χ3v) is 2.72. The van der Waals surface area contributed by atoms with Crippen LogP contribution in [0.1, 0.15) is 26.2 Å². The number of ether oxygens (including phenoxy) is 1. The molecule has 13 heavy (non-hydrogen) atoms. The van der Waals surface area contributed by atoms with Gasteiger partial charge in [0.2, 0.25) is 0 Å². The zero-order valence-corrected chi connectivity index (χ0v) is 8.62. The predicted octanol–water partition coefficient (Wildman–Crippen LogP) is 0.772. The predicted molar refractivity (Wildman–Crippen MR) is 52.7 cm³/mol. The van der Waals surface area contributed by atoms with E-state index in [-0.39, 0.29) is 6.10 Å². The van der Waals surface area contributed by atoms with Crippen molar-refractivity contribution in [2.75, 3.05) is 20.3 Å². The van der Waals surface area contributed by atoms with E-state index in [2.05, 4.69) is 12.2 Å². The standard InChI is InChI=1S/C10H21NO2/c1-8(3-4-13-2)11-7-9-5-10(12)6-9/h8-12H,3-7H2,1-2H3. The van der Waals surface area contributed by atoms with E-state index in [1.54, 1.807) is 7.11 Å². The van der Waals surface area contributed by atoms with Gasteiger partial charge in [0, 0.05) is 19.8 Å². The summed E-state index contributed by atoms with van der Waals surface area (Å²) in [7, 11) is 1.73. The normalized spacial score (nSPS) is 29.8. The Morgan fingerprint density at radius 1 is 1.54 bits per heavy atom. The van der Waals surface area contributed by atoms with Gasteiger partial charge in [-0.15, -0.1) is 0 Å². The van der Waals surface area contributed by atoms with E-state index in [9.17, 15) is 0 Å². The molecule has 1 unspecified atom stereocenters. The number of hydrogen-bond acceptors (Lipinski definition) is 3. The highest BCUT2D eigenvalue weighted by Crippen LogP contribution is 2.26. The molecular weight excluding hydrogens is 166 g/mol. The Bertz CT molecular complexity index is 135. The van der Waals surface area contributed by atoms with Crippen molar-refractivity contribution < 1.29 is 9.84 Å². The van der Waals surface area contributed by atoms with Crippen LogP contribution in [-0.4, -0.2) is 37.5 Å². The molecule has 0 spiro atoms. The summed E-state index contributed by atoms with van der Waals surface area (Å²) >= 11 is 0. The molecule has 0 radical (unpaired) electrons. The van der Waals surface area contributed by atoms with Gasteiger partial charge in [-0.3, -0.25) is 0 Å². The first kappa shape index (κ1) is 11.0. The van der Waals surface area contributed by atoms with E-state index >= 15 is 0 Å². The van der Waals surface area contributed by atoms with Gasteiger partial charge in [0.25, 0.3) is 0 Å². The third-order valence-electron chi connectivity index (χ3n) is 2.72. The second-order valence-corrected chi connectivity index (χ2v) is 4.08. The monoisotopic (exact) mass is 187 g/mol. The SMILES string of the molecule is COCCC(C)NCC1CC(O)C1. The topological polar surface area (TPSA) is 41.5 Å². The highest BCUT2D eigenvalue weighted by molar-refractivity contribution is 4.80. The zero-order valence-electron chi connectivity index (χ0n) is 8.62. The molecule has 0 aromatic heterocycles. The molecule has 1 aliphatic rings. The molecule has 1 fully saturated rings. The van der Waals surface area contributed by atoms with Gasteiger partial charge in [-0.2, -0.15) is 0 Å². The fraction of sp³-hybridized carbons (Fsp3) is 1.00. The average molecular weight is 187 g/mol. The Morgan fingerprint density at radius 2 is 2.23 bits per heavy atom. The summed E-state index contributed by atoms with van der Waals surface area (Å²) in [6.45, 7) is 4.04. The summed E-state index contributed by atoms with van der Waals surface area (Å²) in [6, 6.07) is 0.526. The molecule has 0 bridgehead atoms. The molecule has 0 amide bonds. The molecule has 78 valence electrons. The van der Waals surface area contributed by atoms with E-state index < -0.39 is 0 Å². The lowest BCUT2D eigenvalue weighted by molar-refractivity contribution is 0.0415. The van der Waals surface area contributed by atoms with Gasteiger partial charge in [0.15, 0.2) is 0 Å². The molecule has 1 saturated carbocycles. The van der Waals surface area contributed by atoms with Crippen molar-refractivity contribution in [2.24, 2.45) is 5.92 Å². The quantitative estimate of drug-likeness (QED) is 0.645. The van der Waals surface area contributed by atoms with Gasteiger partial charge in [-0.25, -0.2) is 0 Å². The fourth-order valence-corrected chi connectivity index (χ4v) is 1.63. The highest BCUT2D eigenvalue weighted by Gasteiger charge is 2.26. The number of aliphatic hydroxyl groups is 1. The van der Waals surface area contributed by atoms with Gasteiger partial charge >= 0.3 is 0 Å². The van der Waals surface area contributed by atoms with Gasteiger partial charge in [-0.1, -0.05) is 0 Å². The van der Waals surface area contributed by atoms with Gasteiger partial charge in [0.1, 0.15) is 0 Å². The van der Waals surface area contributed by atoms with Crippen molar-refractivity contribution in [3.63, 3.8) is 0 Å². The molecule has 3 nitrogen and oxygen atoms in total. The number of aliphatic hydroxyl groups excluding tert-OH is 1. The first-order valence-electron chi connectivity index (χ1n) is 5.12. The van der Waals surface area contributed by atoms with Crippen molar-refractivity contribution in [1.82, 2.24) is 5.32 Å². The highest BCUT2D eigenvalue weighted by atomic mass is 16.5. The van der Waals surface area contributed by atoms with Crippen LogP contribution in [0.2, 0.25) is 0 Å². The molecule has 2 N–H and O–H groups in total.